The summed E-state index contributed by atoms with van der Waals surface area (Å²) in [5, 5.41) is 0. The van der Waals surface area contributed by atoms with Crippen LogP contribution in [0.3, 0.4) is 0 Å². The van der Waals surface area contributed by atoms with Crippen molar-refractivity contribution in [2.75, 3.05) is 13.7 Å². The molecule has 5 rings (SSSR count). The van der Waals surface area contributed by atoms with Crippen LogP contribution in [0.2, 0.25) is 0 Å². The minimum atomic E-state index is -0.386. The second-order valence-electron chi connectivity index (χ2n) is 9.31. The third kappa shape index (κ3) is 3.44. The number of likely N-dealkylation sites (tertiary alicyclic amines) is 1. The minimum Gasteiger partial charge on any atom is -0.497 e. The number of hydrogen-bond acceptors (Lipinski definition) is 6. The molecule has 0 spiro atoms. The van der Waals surface area contributed by atoms with Crippen LogP contribution in [0.5, 0.6) is 5.75 Å². The van der Waals surface area contributed by atoms with Crippen molar-refractivity contribution in [3.8, 4) is 5.75 Å². The summed E-state index contributed by atoms with van der Waals surface area (Å²) in [6, 6.07) is 6.52. The molecule has 2 saturated carbocycles. The lowest BCUT2D eigenvalue weighted by Crippen LogP contribution is -2.44. The Hall–Kier alpha value is -2.96. The molecule has 2 amide bonds. The summed E-state index contributed by atoms with van der Waals surface area (Å²) in [7, 11) is 1.55. The third-order valence-electron chi connectivity index (χ3n) is 7.66. The Morgan fingerprint density at radius 1 is 0.938 bits per heavy atom. The van der Waals surface area contributed by atoms with Crippen molar-refractivity contribution in [1.82, 2.24) is 4.90 Å². The van der Waals surface area contributed by atoms with Crippen LogP contribution >= 0.6 is 0 Å². The lowest BCUT2D eigenvalue weighted by molar-refractivity contribution is -0.149. The average Bonchev–Trinajstić information content (AvgIpc) is 3.51. The number of carbonyl (C=O) groups is 4. The summed E-state index contributed by atoms with van der Waals surface area (Å²) in [6.07, 6.45) is 7.43. The van der Waals surface area contributed by atoms with Gasteiger partial charge in [0.05, 0.1) is 24.9 Å². The number of allylic oxidation sites excluding steroid dienone is 2. The first-order valence-electron chi connectivity index (χ1n) is 11.4. The van der Waals surface area contributed by atoms with E-state index >= 15 is 0 Å². The molecule has 1 aromatic rings. The molecule has 1 saturated heterocycles. The number of ether oxygens (including phenoxy) is 2. The molecule has 0 radical (unpaired) electrons. The first-order valence-corrected chi connectivity index (χ1v) is 11.4. The highest BCUT2D eigenvalue weighted by atomic mass is 16.5. The summed E-state index contributed by atoms with van der Waals surface area (Å²) < 4.78 is 10.4. The maximum atomic E-state index is 13.0. The van der Waals surface area contributed by atoms with Gasteiger partial charge in [-0.05, 0) is 68.2 Å². The molecule has 7 nitrogen and oxygen atoms in total. The van der Waals surface area contributed by atoms with Gasteiger partial charge < -0.3 is 9.47 Å². The van der Waals surface area contributed by atoms with Crippen molar-refractivity contribution in [2.24, 2.45) is 29.6 Å². The maximum Gasteiger partial charge on any atom is 0.309 e. The van der Waals surface area contributed by atoms with Gasteiger partial charge in [0, 0.05) is 11.6 Å². The number of fused-ring (bicyclic) bond motifs is 5. The Bertz CT molecular complexity index is 945. The van der Waals surface area contributed by atoms with Gasteiger partial charge in [-0.25, -0.2) is 0 Å². The van der Waals surface area contributed by atoms with E-state index in [1.165, 1.54) is 4.90 Å². The number of methoxy groups -OCH3 is 1. The van der Waals surface area contributed by atoms with Gasteiger partial charge in [0.2, 0.25) is 11.8 Å². The number of benzene rings is 1. The minimum absolute atomic E-state index is 0.0204. The van der Waals surface area contributed by atoms with E-state index in [-0.39, 0.29) is 65.8 Å². The summed E-state index contributed by atoms with van der Waals surface area (Å²) in [4.78, 5) is 52.3. The van der Waals surface area contributed by atoms with Crippen molar-refractivity contribution in [1.29, 1.82) is 0 Å². The number of imide groups is 1. The number of amides is 2. The van der Waals surface area contributed by atoms with E-state index in [0.717, 1.165) is 6.42 Å². The second kappa shape index (κ2) is 8.19. The van der Waals surface area contributed by atoms with Crippen molar-refractivity contribution >= 4 is 23.6 Å². The zero-order valence-electron chi connectivity index (χ0n) is 18.1. The lowest BCUT2D eigenvalue weighted by atomic mass is 9.85. The molecule has 3 fully saturated rings. The van der Waals surface area contributed by atoms with Crippen molar-refractivity contribution in [3.63, 3.8) is 0 Å². The van der Waals surface area contributed by atoms with E-state index in [9.17, 15) is 19.2 Å². The predicted molar refractivity (Wildman–Crippen MR) is 114 cm³/mol. The number of Topliss-reactive ketones (excluding diaryl/α,β-unsaturated/α-hetero) is 1. The van der Waals surface area contributed by atoms with E-state index in [4.69, 9.17) is 9.47 Å². The van der Waals surface area contributed by atoms with E-state index in [2.05, 4.69) is 12.2 Å². The van der Waals surface area contributed by atoms with E-state index in [1.54, 1.807) is 31.4 Å². The van der Waals surface area contributed by atoms with Crippen LogP contribution < -0.4 is 4.74 Å². The molecule has 0 unspecified atom stereocenters. The molecule has 2 bridgehead atoms. The molecule has 0 aromatic heterocycles. The molecule has 1 heterocycles. The highest BCUT2D eigenvalue weighted by Crippen LogP contribution is 2.53. The van der Waals surface area contributed by atoms with Gasteiger partial charge in [0.25, 0.3) is 0 Å². The van der Waals surface area contributed by atoms with Crippen LogP contribution in [0.1, 0.15) is 42.5 Å². The first kappa shape index (κ1) is 20.9. The Labute approximate surface area is 186 Å². The van der Waals surface area contributed by atoms with Crippen molar-refractivity contribution in [3.05, 3.63) is 42.0 Å². The molecule has 32 heavy (non-hydrogen) atoms. The molecule has 4 aliphatic rings. The Kier molecular flexibility index (Phi) is 5.35. The predicted octanol–water partition coefficient (Wildman–Crippen LogP) is 2.79. The molecular formula is C25H27NO6. The highest BCUT2D eigenvalue weighted by molar-refractivity contribution is 6.06. The standard InChI is InChI=1S/C25H27NO6/c1-31-19-10-6-14(7-11-19)20(27)13-32-25(30)15-4-8-18(9-5-15)26-23(28)21-16-2-3-17(12-16)22(21)24(26)29/h2-3,6-7,10-11,15-18,21-22H,4-5,8-9,12-13H2,1H3/t15?,16-,17+,18?,21-,22-/m0/s1. The fourth-order valence-electron chi connectivity index (χ4n) is 5.97. The third-order valence-corrected chi connectivity index (χ3v) is 7.66. The van der Waals surface area contributed by atoms with E-state index < -0.39 is 0 Å². The molecule has 1 aliphatic heterocycles. The Balaban J connectivity index is 1.12. The van der Waals surface area contributed by atoms with Crippen LogP contribution in [-0.2, 0) is 19.1 Å². The molecule has 0 N–H and O–H groups in total. The van der Waals surface area contributed by atoms with Gasteiger partial charge >= 0.3 is 5.97 Å². The second-order valence-corrected chi connectivity index (χ2v) is 9.31. The smallest absolute Gasteiger partial charge is 0.309 e. The van der Waals surface area contributed by atoms with Crippen LogP contribution in [0.25, 0.3) is 0 Å². The maximum absolute atomic E-state index is 13.0. The van der Waals surface area contributed by atoms with Gasteiger partial charge in [-0.15, -0.1) is 0 Å². The summed E-state index contributed by atoms with van der Waals surface area (Å²) >= 11 is 0. The molecule has 7 heteroatoms. The van der Waals surface area contributed by atoms with E-state index in [0.29, 0.717) is 37.0 Å². The zero-order valence-corrected chi connectivity index (χ0v) is 18.1. The number of carbonyl (C=O) groups excluding carboxylic acids is 4. The number of ketones is 1. The monoisotopic (exact) mass is 437 g/mol. The summed E-state index contributed by atoms with van der Waals surface area (Å²) in [5.41, 5.74) is 0.461. The molecule has 1 aromatic carbocycles. The van der Waals surface area contributed by atoms with E-state index in [1.807, 2.05) is 0 Å². The normalized spacial score (nSPS) is 32.8. The number of esters is 1. The zero-order chi connectivity index (χ0) is 22.4. The topological polar surface area (TPSA) is 90.0 Å². The lowest BCUT2D eigenvalue weighted by Gasteiger charge is -2.33. The summed E-state index contributed by atoms with van der Waals surface area (Å²) in [5.74, 6) is -0.282. The van der Waals surface area contributed by atoms with Crippen LogP contribution in [0.4, 0.5) is 0 Å². The van der Waals surface area contributed by atoms with Crippen LogP contribution in [0.15, 0.2) is 36.4 Å². The number of hydrogen-bond donors (Lipinski definition) is 0. The van der Waals surface area contributed by atoms with Crippen LogP contribution in [-0.4, -0.2) is 48.2 Å². The van der Waals surface area contributed by atoms with Crippen LogP contribution in [0, 0.1) is 29.6 Å². The summed E-state index contributed by atoms with van der Waals surface area (Å²) in [6.45, 7) is -0.298. The number of rotatable bonds is 6. The van der Waals surface area contributed by atoms with Crippen molar-refractivity contribution in [2.45, 2.75) is 38.1 Å². The average molecular weight is 437 g/mol. The van der Waals surface area contributed by atoms with Gasteiger partial charge in [-0.3, -0.25) is 24.1 Å². The molecular weight excluding hydrogens is 410 g/mol. The number of nitrogens with zero attached hydrogens (tertiary/aromatic N) is 1. The SMILES string of the molecule is COc1ccc(C(=O)COC(=O)C2CCC(N3C(=O)[C@@H]4[C@@H](C3=O)[C@H]3C=C[C@@H]4C3)CC2)cc1. The quantitative estimate of drug-likeness (QED) is 0.294. The fraction of sp³-hybridized carbons (Fsp3) is 0.520. The highest BCUT2D eigenvalue weighted by Gasteiger charge is 2.60. The molecule has 4 atom stereocenters. The van der Waals surface area contributed by atoms with Gasteiger partial charge in [-0.2, -0.15) is 0 Å². The first-order chi connectivity index (χ1) is 15.5. The van der Waals surface area contributed by atoms with Gasteiger partial charge in [-0.1, -0.05) is 12.2 Å². The molecule has 168 valence electrons. The van der Waals surface area contributed by atoms with Crippen molar-refractivity contribution < 1.29 is 28.7 Å². The fourth-order valence-corrected chi connectivity index (χ4v) is 5.97. The Morgan fingerprint density at radius 2 is 1.53 bits per heavy atom. The largest absolute Gasteiger partial charge is 0.497 e. The van der Waals surface area contributed by atoms with Gasteiger partial charge in [0.1, 0.15) is 5.75 Å². The molecule has 3 aliphatic carbocycles. The Morgan fingerprint density at radius 3 is 2.09 bits per heavy atom. The van der Waals surface area contributed by atoms with Gasteiger partial charge in [0.15, 0.2) is 12.4 Å².